The topological polar surface area (TPSA) is 98.9 Å². The van der Waals surface area contributed by atoms with Crippen LogP contribution in [0.3, 0.4) is 0 Å². The van der Waals surface area contributed by atoms with Crippen LogP contribution in [0, 0.1) is 10.1 Å². The minimum absolute atomic E-state index is 0.00661. The van der Waals surface area contributed by atoms with Gasteiger partial charge in [-0.3, -0.25) is 10.1 Å². The number of methoxy groups -OCH3 is 1. The van der Waals surface area contributed by atoms with Crippen molar-refractivity contribution in [2.75, 3.05) is 7.11 Å². The van der Waals surface area contributed by atoms with Gasteiger partial charge in [0.05, 0.1) is 17.6 Å². The Morgan fingerprint density at radius 2 is 1.86 bits per heavy atom. The summed E-state index contributed by atoms with van der Waals surface area (Å²) in [5.74, 6) is -0.354. The number of ether oxygens (including phenoxy) is 2. The van der Waals surface area contributed by atoms with E-state index >= 15 is 0 Å². The van der Waals surface area contributed by atoms with Gasteiger partial charge in [-0.2, -0.15) is 0 Å². The summed E-state index contributed by atoms with van der Waals surface area (Å²) in [6.07, 6.45) is 0. The number of nitro benzene ring substituents is 1. The second-order valence-electron chi connectivity index (χ2n) is 4.38. The van der Waals surface area contributed by atoms with Crippen LogP contribution in [0.5, 0.6) is 11.5 Å². The van der Waals surface area contributed by atoms with Crippen LogP contribution in [-0.2, 0) is 6.61 Å². The predicted molar refractivity (Wildman–Crippen MR) is 77.4 cm³/mol. The van der Waals surface area contributed by atoms with Gasteiger partial charge in [0.1, 0.15) is 6.61 Å². The van der Waals surface area contributed by atoms with E-state index in [0.717, 1.165) is 5.56 Å². The van der Waals surface area contributed by atoms with Crippen molar-refractivity contribution in [3.8, 4) is 11.5 Å². The zero-order chi connectivity index (χ0) is 16.1. The Hall–Kier alpha value is -3.09. The molecule has 0 fully saturated rings. The molecule has 0 amide bonds. The Balaban J connectivity index is 2.10. The highest BCUT2D eigenvalue weighted by molar-refractivity contribution is 5.88. The number of aromatic carboxylic acids is 1. The van der Waals surface area contributed by atoms with Crippen LogP contribution in [0.15, 0.2) is 42.5 Å². The number of hydrogen-bond acceptors (Lipinski definition) is 5. The third-order valence-electron chi connectivity index (χ3n) is 2.95. The van der Waals surface area contributed by atoms with Gasteiger partial charge in [-0.1, -0.05) is 0 Å². The summed E-state index contributed by atoms with van der Waals surface area (Å²) < 4.78 is 10.7. The number of hydrogen-bond donors (Lipinski definition) is 1. The second-order valence-corrected chi connectivity index (χ2v) is 4.38. The Bertz CT molecular complexity index is 696. The molecule has 7 nitrogen and oxygen atoms in total. The van der Waals surface area contributed by atoms with Gasteiger partial charge in [-0.15, -0.1) is 0 Å². The number of benzene rings is 2. The summed E-state index contributed by atoms with van der Waals surface area (Å²) in [7, 11) is 1.42. The molecule has 0 saturated heterocycles. The van der Waals surface area contributed by atoms with Crippen molar-refractivity contribution >= 4 is 11.7 Å². The molecule has 0 bridgehead atoms. The van der Waals surface area contributed by atoms with Crippen molar-refractivity contribution in [2.45, 2.75) is 6.61 Å². The van der Waals surface area contributed by atoms with Crippen LogP contribution < -0.4 is 9.47 Å². The summed E-state index contributed by atoms with van der Waals surface area (Å²) >= 11 is 0. The Kier molecular flexibility index (Phi) is 4.57. The van der Waals surface area contributed by atoms with Gasteiger partial charge in [-0.05, 0) is 35.9 Å². The van der Waals surface area contributed by atoms with Gasteiger partial charge in [0, 0.05) is 12.1 Å². The highest BCUT2D eigenvalue weighted by atomic mass is 16.6. The van der Waals surface area contributed by atoms with Crippen molar-refractivity contribution in [3.63, 3.8) is 0 Å². The van der Waals surface area contributed by atoms with E-state index in [1.165, 1.54) is 37.4 Å². The molecule has 22 heavy (non-hydrogen) atoms. The summed E-state index contributed by atoms with van der Waals surface area (Å²) in [5.41, 5.74) is 0.849. The van der Waals surface area contributed by atoms with Gasteiger partial charge in [-0.25, -0.2) is 4.79 Å². The molecule has 2 aromatic rings. The molecule has 0 aliphatic rings. The molecule has 0 atom stereocenters. The normalized spacial score (nSPS) is 10.0. The number of carbonyl (C=O) groups is 1. The maximum atomic E-state index is 10.9. The maximum absolute atomic E-state index is 10.9. The molecule has 7 heteroatoms. The molecule has 2 aromatic carbocycles. The fourth-order valence-electron chi connectivity index (χ4n) is 1.79. The zero-order valence-corrected chi connectivity index (χ0v) is 11.7. The largest absolute Gasteiger partial charge is 0.493 e. The first-order valence-electron chi connectivity index (χ1n) is 6.28. The first-order valence-corrected chi connectivity index (χ1v) is 6.28. The smallest absolute Gasteiger partial charge is 0.335 e. The van der Waals surface area contributed by atoms with Gasteiger partial charge >= 0.3 is 5.97 Å². The lowest BCUT2D eigenvalue weighted by Crippen LogP contribution is -2.01. The second kappa shape index (κ2) is 6.57. The number of nitro groups is 1. The average molecular weight is 303 g/mol. The molecule has 0 aliphatic carbocycles. The first-order chi connectivity index (χ1) is 10.5. The molecule has 0 spiro atoms. The highest BCUT2D eigenvalue weighted by Crippen LogP contribution is 2.29. The molecule has 0 radical (unpaired) electrons. The first kappa shape index (κ1) is 15.3. The molecular formula is C15H13NO6. The van der Waals surface area contributed by atoms with E-state index in [-0.39, 0.29) is 17.9 Å². The number of non-ortho nitro benzene ring substituents is 1. The van der Waals surface area contributed by atoms with E-state index in [1.54, 1.807) is 12.1 Å². The Morgan fingerprint density at radius 3 is 2.41 bits per heavy atom. The lowest BCUT2D eigenvalue weighted by Gasteiger charge is -2.11. The fourth-order valence-corrected chi connectivity index (χ4v) is 1.79. The summed E-state index contributed by atoms with van der Waals surface area (Å²) in [6, 6.07) is 10.3. The van der Waals surface area contributed by atoms with Crippen molar-refractivity contribution in [1.82, 2.24) is 0 Å². The molecule has 1 N–H and O–H groups in total. The Morgan fingerprint density at radius 1 is 1.18 bits per heavy atom. The van der Waals surface area contributed by atoms with Crippen LogP contribution in [0.2, 0.25) is 0 Å². The van der Waals surface area contributed by atoms with Crippen LogP contribution in [0.1, 0.15) is 15.9 Å². The minimum atomic E-state index is -1.06. The number of rotatable bonds is 6. The summed E-state index contributed by atoms with van der Waals surface area (Å²) in [5, 5.41) is 19.5. The lowest BCUT2D eigenvalue weighted by molar-refractivity contribution is -0.384. The third kappa shape index (κ3) is 3.51. The molecule has 0 aromatic heterocycles. The molecule has 114 valence electrons. The summed E-state index contributed by atoms with van der Waals surface area (Å²) in [6.45, 7) is 0.181. The fraction of sp³-hybridized carbons (Fsp3) is 0.133. The highest BCUT2D eigenvalue weighted by Gasteiger charge is 2.10. The van der Waals surface area contributed by atoms with E-state index in [4.69, 9.17) is 14.6 Å². The maximum Gasteiger partial charge on any atom is 0.335 e. The number of nitrogens with zero attached hydrogens (tertiary/aromatic N) is 1. The van der Waals surface area contributed by atoms with Gasteiger partial charge in [0.2, 0.25) is 0 Å². The van der Waals surface area contributed by atoms with E-state index in [0.29, 0.717) is 11.5 Å². The van der Waals surface area contributed by atoms with E-state index in [9.17, 15) is 14.9 Å². The third-order valence-corrected chi connectivity index (χ3v) is 2.95. The van der Waals surface area contributed by atoms with Crippen molar-refractivity contribution in [3.05, 3.63) is 63.7 Å². The molecule has 2 rings (SSSR count). The van der Waals surface area contributed by atoms with Crippen molar-refractivity contribution in [1.29, 1.82) is 0 Å². The van der Waals surface area contributed by atoms with Crippen LogP contribution >= 0.6 is 0 Å². The van der Waals surface area contributed by atoms with E-state index < -0.39 is 10.9 Å². The van der Waals surface area contributed by atoms with E-state index in [2.05, 4.69) is 0 Å². The average Bonchev–Trinajstić information content (AvgIpc) is 2.52. The van der Waals surface area contributed by atoms with Gasteiger partial charge < -0.3 is 14.6 Å². The lowest BCUT2D eigenvalue weighted by atomic mass is 10.2. The van der Waals surface area contributed by atoms with Crippen LogP contribution in [0.25, 0.3) is 0 Å². The molecule has 0 aliphatic heterocycles. The number of carboxylic acid groups (broad SMARTS) is 1. The zero-order valence-electron chi connectivity index (χ0n) is 11.7. The van der Waals surface area contributed by atoms with Crippen LogP contribution in [0.4, 0.5) is 5.69 Å². The summed E-state index contributed by atoms with van der Waals surface area (Å²) in [4.78, 5) is 21.0. The van der Waals surface area contributed by atoms with Gasteiger partial charge in [0.15, 0.2) is 11.5 Å². The van der Waals surface area contributed by atoms with Gasteiger partial charge in [0.25, 0.3) is 5.69 Å². The molecule has 0 unspecified atom stereocenters. The van der Waals surface area contributed by atoms with Crippen LogP contribution in [-0.4, -0.2) is 23.1 Å². The minimum Gasteiger partial charge on any atom is -0.493 e. The van der Waals surface area contributed by atoms with Crippen molar-refractivity contribution in [2.24, 2.45) is 0 Å². The monoisotopic (exact) mass is 303 g/mol. The molecular weight excluding hydrogens is 290 g/mol. The number of carboxylic acids is 1. The standard InChI is InChI=1S/C15H13NO6/c1-21-14-8-11(15(17)18)4-7-13(14)22-9-10-2-5-12(6-3-10)16(19)20/h2-8H,9H2,1H3,(H,17,18). The van der Waals surface area contributed by atoms with E-state index in [1.807, 2.05) is 0 Å². The Labute approximate surface area is 125 Å². The SMILES string of the molecule is COc1cc(C(=O)O)ccc1OCc1ccc([N+](=O)[O-])cc1. The van der Waals surface area contributed by atoms with Crippen molar-refractivity contribution < 1.29 is 24.3 Å². The quantitative estimate of drug-likeness (QED) is 0.650. The molecule has 0 saturated carbocycles. The predicted octanol–water partition coefficient (Wildman–Crippen LogP) is 2.88. The molecule has 0 heterocycles.